The Kier molecular flexibility index (Phi) is 4.84. The van der Waals surface area contributed by atoms with Gasteiger partial charge < -0.3 is 5.32 Å². The van der Waals surface area contributed by atoms with Crippen LogP contribution < -0.4 is 5.32 Å². The summed E-state index contributed by atoms with van der Waals surface area (Å²) in [5, 5.41) is 2.86. The Morgan fingerprint density at radius 1 is 1.26 bits per heavy atom. The maximum atomic E-state index is 12.8. The standard InChI is InChI=1S/C19H29NO3/c1-10(2)7-15(17(22)12(4)21)20-18(23)13-8-11(3)9-14-16(13)19(14,5)6/h10,13-16H,3,7-9H2,1-2,4-6H3,(H,20,23)/t13-,14?,15-,16?/m0/s1. The summed E-state index contributed by atoms with van der Waals surface area (Å²) in [6.07, 6.45) is 2.19. The summed E-state index contributed by atoms with van der Waals surface area (Å²) in [6.45, 7) is 13.7. The van der Waals surface area contributed by atoms with Gasteiger partial charge in [-0.3, -0.25) is 14.4 Å². The second-order valence-electron chi connectivity index (χ2n) is 8.33. The third kappa shape index (κ3) is 3.56. The molecule has 0 bridgehead atoms. The van der Waals surface area contributed by atoms with Crippen LogP contribution in [0.4, 0.5) is 0 Å². The molecular formula is C19H29NO3. The van der Waals surface area contributed by atoms with Gasteiger partial charge in [0.15, 0.2) is 5.78 Å². The first-order valence-corrected chi connectivity index (χ1v) is 8.57. The molecule has 0 aromatic heterocycles. The summed E-state index contributed by atoms with van der Waals surface area (Å²) in [5.74, 6) is -0.0824. The fourth-order valence-electron chi connectivity index (χ4n) is 4.29. The highest BCUT2D eigenvalue weighted by Gasteiger charge is 2.63. The van der Waals surface area contributed by atoms with E-state index < -0.39 is 17.6 Å². The number of fused-ring (bicyclic) bond motifs is 1. The van der Waals surface area contributed by atoms with Gasteiger partial charge in [0.05, 0.1) is 6.04 Å². The topological polar surface area (TPSA) is 63.2 Å². The fourth-order valence-corrected chi connectivity index (χ4v) is 4.29. The average molecular weight is 319 g/mol. The number of ketones is 2. The summed E-state index contributed by atoms with van der Waals surface area (Å²) in [4.78, 5) is 36.3. The van der Waals surface area contributed by atoms with Gasteiger partial charge in [0.1, 0.15) is 0 Å². The van der Waals surface area contributed by atoms with Crippen LogP contribution in [0.3, 0.4) is 0 Å². The maximum Gasteiger partial charge on any atom is 0.224 e. The third-order valence-electron chi connectivity index (χ3n) is 5.61. The zero-order chi connectivity index (χ0) is 17.5. The number of carbonyl (C=O) groups is 3. The number of nitrogens with one attached hydrogen (secondary N) is 1. The molecule has 2 rings (SSSR count). The van der Waals surface area contributed by atoms with Crippen molar-refractivity contribution in [2.75, 3.05) is 0 Å². The number of amides is 1. The molecule has 4 heteroatoms. The van der Waals surface area contributed by atoms with E-state index in [9.17, 15) is 14.4 Å². The van der Waals surface area contributed by atoms with E-state index in [1.54, 1.807) is 0 Å². The van der Waals surface area contributed by atoms with E-state index in [4.69, 9.17) is 0 Å². The Hall–Kier alpha value is -1.45. The summed E-state index contributed by atoms with van der Waals surface area (Å²) < 4.78 is 0. The highest BCUT2D eigenvalue weighted by molar-refractivity contribution is 6.38. The van der Waals surface area contributed by atoms with Crippen LogP contribution in [0.1, 0.15) is 53.9 Å². The smallest absolute Gasteiger partial charge is 0.224 e. The predicted molar refractivity (Wildman–Crippen MR) is 89.7 cm³/mol. The van der Waals surface area contributed by atoms with Crippen molar-refractivity contribution in [1.29, 1.82) is 0 Å². The van der Waals surface area contributed by atoms with Crippen LogP contribution in [-0.4, -0.2) is 23.5 Å². The van der Waals surface area contributed by atoms with E-state index in [1.807, 2.05) is 13.8 Å². The highest BCUT2D eigenvalue weighted by atomic mass is 16.2. The summed E-state index contributed by atoms with van der Waals surface area (Å²) >= 11 is 0. The number of hydrogen-bond acceptors (Lipinski definition) is 3. The molecule has 2 aliphatic rings. The van der Waals surface area contributed by atoms with E-state index >= 15 is 0 Å². The Morgan fingerprint density at radius 3 is 2.39 bits per heavy atom. The summed E-state index contributed by atoms with van der Waals surface area (Å²) in [6, 6.07) is -0.699. The number of allylic oxidation sites excluding steroid dienone is 1. The van der Waals surface area contributed by atoms with E-state index in [2.05, 4.69) is 25.7 Å². The van der Waals surface area contributed by atoms with Crippen molar-refractivity contribution in [1.82, 2.24) is 5.32 Å². The summed E-state index contributed by atoms with van der Waals surface area (Å²) in [7, 11) is 0. The first-order valence-electron chi connectivity index (χ1n) is 8.57. The summed E-state index contributed by atoms with van der Waals surface area (Å²) in [5.41, 5.74) is 1.29. The van der Waals surface area contributed by atoms with Gasteiger partial charge in [-0.25, -0.2) is 0 Å². The Bertz CT molecular complexity index is 547. The number of hydrogen-bond donors (Lipinski definition) is 1. The molecule has 0 aromatic carbocycles. The van der Waals surface area contributed by atoms with Gasteiger partial charge in [-0.1, -0.05) is 39.8 Å². The van der Waals surface area contributed by atoms with Gasteiger partial charge in [0.25, 0.3) is 0 Å². The van der Waals surface area contributed by atoms with Gasteiger partial charge in [-0.2, -0.15) is 0 Å². The number of Topliss-reactive ketones (excluding diaryl/α,β-unsaturated/α-hetero) is 2. The van der Waals surface area contributed by atoms with Crippen molar-refractivity contribution in [3.63, 3.8) is 0 Å². The van der Waals surface area contributed by atoms with Crippen LogP contribution in [0.15, 0.2) is 12.2 Å². The highest BCUT2D eigenvalue weighted by Crippen LogP contribution is 2.67. The molecule has 0 radical (unpaired) electrons. The van der Waals surface area contributed by atoms with Crippen molar-refractivity contribution in [3.8, 4) is 0 Å². The predicted octanol–water partition coefficient (Wildman–Crippen LogP) is 2.91. The maximum absolute atomic E-state index is 12.8. The number of carbonyl (C=O) groups excluding carboxylic acids is 3. The fraction of sp³-hybridized carbons (Fsp3) is 0.737. The van der Waals surface area contributed by atoms with Gasteiger partial charge in [-0.15, -0.1) is 0 Å². The lowest BCUT2D eigenvalue weighted by molar-refractivity contribution is -0.138. The Balaban J connectivity index is 2.10. The minimum absolute atomic E-state index is 0.0910. The van der Waals surface area contributed by atoms with Crippen LogP contribution in [0.2, 0.25) is 0 Å². The molecule has 0 aliphatic heterocycles. The molecule has 1 amide bonds. The molecule has 0 spiro atoms. The largest absolute Gasteiger partial charge is 0.346 e. The molecule has 4 nitrogen and oxygen atoms in total. The van der Waals surface area contributed by atoms with Crippen molar-refractivity contribution in [3.05, 3.63) is 12.2 Å². The van der Waals surface area contributed by atoms with Crippen LogP contribution >= 0.6 is 0 Å². The van der Waals surface area contributed by atoms with Gasteiger partial charge >= 0.3 is 0 Å². The first-order chi connectivity index (χ1) is 10.6. The minimum Gasteiger partial charge on any atom is -0.346 e. The van der Waals surface area contributed by atoms with Crippen LogP contribution in [0, 0.1) is 29.1 Å². The molecule has 23 heavy (non-hydrogen) atoms. The van der Waals surface area contributed by atoms with E-state index in [-0.39, 0.29) is 23.2 Å². The van der Waals surface area contributed by atoms with Gasteiger partial charge in [0, 0.05) is 12.8 Å². The van der Waals surface area contributed by atoms with E-state index in [1.165, 1.54) is 6.92 Å². The van der Waals surface area contributed by atoms with Crippen LogP contribution in [0.25, 0.3) is 0 Å². The minimum atomic E-state index is -0.699. The lowest BCUT2D eigenvalue weighted by Gasteiger charge is -2.26. The van der Waals surface area contributed by atoms with E-state index in [0.29, 0.717) is 24.7 Å². The quantitative estimate of drug-likeness (QED) is 0.605. The molecular weight excluding hydrogens is 290 g/mol. The molecule has 4 atom stereocenters. The molecule has 2 unspecified atom stereocenters. The zero-order valence-corrected chi connectivity index (χ0v) is 14.9. The van der Waals surface area contributed by atoms with Crippen LogP contribution in [0.5, 0.6) is 0 Å². The third-order valence-corrected chi connectivity index (χ3v) is 5.61. The molecule has 2 fully saturated rings. The zero-order valence-electron chi connectivity index (χ0n) is 14.9. The van der Waals surface area contributed by atoms with Gasteiger partial charge in [-0.05, 0) is 42.4 Å². The molecule has 1 N–H and O–H groups in total. The molecule has 0 heterocycles. The van der Waals surface area contributed by atoms with Crippen molar-refractivity contribution >= 4 is 17.5 Å². The van der Waals surface area contributed by atoms with Crippen molar-refractivity contribution in [2.24, 2.45) is 29.1 Å². The lowest BCUT2D eigenvalue weighted by atomic mass is 9.84. The lowest BCUT2D eigenvalue weighted by Crippen LogP contribution is -2.47. The number of rotatable bonds is 6. The van der Waals surface area contributed by atoms with Gasteiger partial charge in [0.2, 0.25) is 11.7 Å². The second-order valence-corrected chi connectivity index (χ2v) is 8.33. The SMILES string of the molecule is C=C1CC2C([C@@H](C(=O)N[C@@H](CC(C)C)C(=O)C(C)=O)C1)C2(C)C. The van der Waals surface area contributed by atoms with Crippen LogP contribution in [-0.2, 0) is 14.4 Å². The van der Waals surface area contributed by atoms with Crippen molar-refractivity contribution < 1.29 is 14.4 Å². The first kappa shape index (κ1) is 17.9. The Labute approximate surface area is 139 Å². The molecule has 2 saturated carbocycles. The second kappa shape index (κ2) is 6.21. The average Bonchev–Trinajstić information content (AvgIpc) is 2.97. The monoisotopic (exact) mass is 319 g/mol. The molecule has 128 valence electrons. The molecule has 2 aliphatic carbocycles. The molecule has 0 saturated heterocycles. The van der Waals surface area contributed by atoms with Crippen molar-refractivity contribution in [2.45, 2.75) is 59.9 Å². The van der Waals surface area contributed by atoms with E-state index in [0.717, 1.165) is 12.0 Å². The molecule has 0 aromatic rings. The Morgan fingerprint density at radius 2 is 1.87 bits per heavy atom. The normalized spacial score (nSPS) is 29.7.